The maximum atomic E-state index is 14.4. The standard InChI is InChI=1S/C23H20FNO3/c1-3-9-15-14-10-5-6-11-16(14)21(28-4-2)20-19(15)22(26)25(23(20)27)18-13-8-7-12-17(18)24/h5-8,10-13H,3-4,9H2,1-2H3. The molecule has 0 aliphatic carbocycles. The van der Waals surface area contributed by atoms with Crippen molar-refractivity contribution in [3.8, 4) is 5.75 Å². The summed E-state index contributed by atoms with van der Waals surface area (Å²) in [5.41, 5.74) is 1.34. The Morgan fingerprint density at radius 3 is 2.21 bits per heavy atom. The van der Waals surface area contributed by atoms with E-state index in [2.05, 4.69) is 0 Å². The first-order chi connectivity index (χ1) is 13.6. The van der Waals surface area contributed by atoms with Crippen LogP contribution in [0.4, 0.5) is 10.1 Å². The van der Waals surface area contributed by atoms with E-state index >= 15 is 0 Å². The van der Waals surface area contributed by atoms with E-state index in [0.717, 1.165) is 27.7 Å². The molecule has 1 aliphatic rings. The molecule has 5 heteroatoms. The molecular weight excluding hydrogens is 357 g/mol. The number of aryl methyl sites for hydroxylation is 1. The van der Waals surface area contributed by atoms with Crippen LogP contribution in [-0.4, -0.2) is 18.4 Å². The van der Waals surface area contributed by atoms with E-state index in [4.69, 9.17) is 4.74 Å². The molecule has 4 nitrogen and oxygen atoms in total. The quantitative estimate of drug-likeness (QED) is 0.579. The van der Waals surface area contributed by atoms with Crippen molar-refractivity contribution in [2.24, 2.45) is 0 Å². The lowest BCUT2D eigenvalue weighted by Crippen LogP contribution is -2.30. The average Bonchev–Trinajstić information content (AvgIpc) is 2.95. The first-order valence-corrected chi connectivity index (χ1v) is 9.43. The van der Waals surface area contributed by atoms with E-state index < -0.39 is 17.6 Å². The number of para-hydroxylation sites is 1. The molecule has 3 aromatic carbocycles. The number of hydrogen-bond acceptors (Lipinski definition) is 3. The Morgan fingerprint density at radius 2 is 1.54 bits per heavy atom. The minimum atomic E-state index is -0.614. The highest BCUT2D eigenvalue weighted by Gasteiger charge is 2.43. The van der Waals surface area contributed by atoms with Gasteiger partial charge >= 0.3 is 0 Å². The first-order valence-electron chi connectivity index (χ1n) is 9.43. The number of imide groups is 1. The van der Waals surface area contributed by atoms with Gasteiger partial charge in [0, 0.05) is 5.39 Å². The summed E-state index contributed by atoms with van der Waals surface area (Å²) < 4.78 is 20.2. The number of carbonyl (C=O) groups is 2. The van der Waals surface area contributed by atoms with Gasteiger partial charge in [-0.25, -0.2) is 9.29 Å². The second kappa shape index (κ2) is 7.08. The zero-order valence-electron chi connectivity index (χ0n) is 15.8. The van der Waals surface area contributed by atoms with Crippen molar-refractivity contribution in [3.05, 3.63) is 71.0 Å². The third kappa shape index (κ3) is 2.58. The first kappa shape index (κ1) is 18.2. The zero-order chi connectivity index (χ0) is 19.8. The van der Waals surface area contributed by atoms with Crippen molar-refractivity contribution in [2.75, 3.05) is 11.5 Å². The number of rotatable bonds is 5. The fourth-order valence-corrected chi connectivity index (χ4v) is 3.89. The average molecular weight is 377 g/mol. The number of carbonyl (C=O) groups excluding carboxylic acids is 2. The third-order valence-electron chi connectivity index (χ3n) is 4.99. The van der Waals surface area contributed by atoms with Crippen LogP contribution in [-0.2, 0) is 6.42 Å². The van der Waals surface area contributed by atoms with Gasteiger partial charge in [0.1, 0.15) is 11.6 Å². The lowest BCUT2D eigenvalue weighted by Gasteiger charge is -2.15. The van der Waals surface area contributed by atoms with E-state index in [1.807, 2.05) is 38.1 Å². The molecule has 0 bridgehead atoms. The number of halogens is 1. The van der Waals surface area contributed by atoms with Gasteiger partial charge in [0.2, 0.25) is 0 Å². The van der Waals surface area contributed by atoms with Crippen LogP contribution in [0, 0.1) is 5.82 Å². The number of hydrogen-bond donors (Lipinski definition) is 0. The monoisotopic (exact) mass is 377 g/mol. The molecule has 0 unspecified atom stereocenters. The van der Waals surface area contributed by atoms with Gasteiger partial charge in [0.25, 0.3) is 11.8 Å². The predicted octanol–water partition coefficient (Wildman–Crippen LogP) is 5.13. The van der Waals surface area contributed by atoms with Gasteiger partial charge in [-0.15, -0.1) is 0 Å². The Balaban J connectivity index is 2.06. The second-order valence-corrected chi connectivity index (χ2v) is 6.68. The molecule has 0 aromatic heterocycles. The zero-order valence-corrected chi connectivity index (χ0v) is 15.8. The highest BCUT2D eigenvalue weighted by molar-refractivity contribution is 6.37. The summed E-state index contributed by atoms with van der Waals surface area (Å²) in [4.78, 5) is 27.6. The maximum absolute atomic E-state index is 14.4. The van der Waals surface area contributed by atoms with Gasteiger partial charge in [0.15, 0.2) is 0 Å². The van der Waals surface area contributed by atoms with E-state index in [-0.39, 0.29) is 11.3 Å². The lowest BCUT2D eigenvalue weighted by atomic mass is 9.91. The smallest absolute Gasteiger partial charge is 0.270 e. The molecule has 0 N–H and O–H groups in total. The van der Waals surface area contributed by atoms with Gasteiger partial charge in [0.05, 0.1) is 23.4 Å². The van der Waals surface area contributed by atoms with E-state index in [1.54, 1.807) is 6.07 Å². The van der Waals surface area contributed by atoms with Crippen LogP contribution < -0.4 is 9.64 Å². The van der Waals surface area contributed by atoms with Crippen molar-refractivity contribution in [1.82, 2.24) is 0 Å². The number of fused-ring (bicyclic) bond motifs is 2. The number of benzene rings is 3. The molecule has 0 saturated heterocycles. The van der Waals surface area contributed by atoms with Crippen molar-refractivity contribution < 1.29 is 18.7 Å². The van der Waals surface area contributed by atoms with Gasteiger partial charge in [-0.05, 0) is 36.4 Å². The van der Waals surface area contributed by atoms with Crippen LogP contribution in [0.2, 0.25) is 0 Å². The van der Waals surface area contributed by atoms with Crippen molar-refractivity contribution >= 4 is 28.3 Å². The van der Waals surface area contributed by atoms with Crippen molar-refractivity contribution in [2.45, 2.75) is 26.7 Å². The minimum absolute atomic E-state index is 0.0392. The largest absolute Gasteiger partial charge is 0.492 e. The van der Waals surface area contributed by atoms with Gasteiger partial charge < -0.3 is 4.74 Å². The van der Waals surface area contributed by atoms with Gasteiger partial charge in [-0.1, -0.05) is 49.7 Å². The summed E-state index contributed by atoms with van der Waals surface area (Å²) in [6.07, 6.45) is 1.45. The van der Waals surface area contributed by atoms with E-state index in [1.165, 1.54) is 18.2 Å². The van der Waals surface area contributed by atoms with Crippen LogP contribution in [0.3, 0.4) is 0 Å². The summed E-state index contributed by atoms with van der Waals surface area (Å²) >= 11 is 0. The summed E-state index contributed by atoms with van der Waals surface area (Å²) in [5, 5.41) is 1.69. The summed E-state index contributed by atoms with van der Waals surface area (Å²) in [5.74, 6) is -1.27. The van der Waals surface area contributed by atoms with Gasteiger partial charge in [-0.3, -0.25) is 9.59 Å². The molecule has 0 radical (unpaired) electrons. The molecule has 142 valence electrons. The Labute approximate surface area is 162 Å². The summed E-state index contributed by atoms with van der Waals surface area (Å²) in [6, 6.07) is 13.4. The van der Waals surface area contributed by atoms with Crippen molar-refractivity contribution in [1.29, 1.82) is 0 Å². The fourth-order valence-electron chi connectivity index (χ4n) is 3.89. The molecule has 0 spiro atoms. The Kier molecular flexibility index (Phi) is 4.59. The normalized spacial score (nSPS) is 13.3. The molecule has 2 amide bonds. The van der Waals surface area contributed by atoms with Crippen LogP contribution in [0.1, 0.15) is 46.5 Å². The van der Waals surface area contributed by atoms with Crippen LogP contribution in [0.15, 0.2) is 48.5 Å². The summed E-state index contributed by atoms with van der Waals surface area (Å²) in [7, 11) is 0. The second-order valence-electron chi connectivity index (χ2n) is 6.68. The molecule has 3 aromatic rings. The van der Waals surface area contributed by atoms with E-state index in [9.17, 15) is 14.0 Å². The number of nitrogens with zero attached hydrogens (tertiary/aromatic N) is 1. The molecule has 1 heterocycles. The number of amides is 2. The van der Waals surface area contributed by atoms with Crippen LogP contribution in [0.25, 0.3) is 10.8 Å². The summed E-state index contributed by atoms with van der Waals surface area (Å²) in [6.45, 7) is 4.20. The SMILES string of the molecule is CCCc1c2c(c(OCC)c3ccccc13)C(=O)N(c1ccccc1F)C2=O. The fraction of sp³-hybridized carbons (Fsp3) is 0.217. The predicted molar refractivity (Wildman–Crippen MR) is 107 cm³/mol. The molecule has 4 rings (SSSR count). The lowest BCUT2D eigenvalue weighted by molar-refractivity contribution is 0.0924. The van der Waals surface area contributed by atoms with Crippen LogP contribution >= 0.6 is 0 Å². The minimum Gasteiger partial charge on any atom is -0.492 e. The highest BCUT2D eigenvalue weighted by Crippen LogP contribution is 2.43. The third-order valence-corrected chi connectivity index (χ3v) is 4.99. The topological polar surface area (TPSA) is 46.6 Å². The Bertz CT molecular complexity index is 1040. The molecule has 0 atom stereocenters. The van der Waals surface area contributed by atoms with Crippen molar-refractivity contribution in [3.63, 3.8) is 0 Å². The van der Waals surface area contributed by atoms with Gasteiger partial charge in [-0.2, -0.15) is 0 Å². The molecule has 1 aliphatic heterocycles. The molecule has 0 fully saturated rings. The van der Waals surface area contributed by atoms with Crippen LogP contribution in [0.5, 0.6) is 5.75 Å². The maximum Gasteiger partial charge on any atom is 0.270 e. The Morgan fingerprint density at radius 1 is 0.893 bits per heavy atom. The molecule has 28 heavy (non-hydrogen) atoms. The molecular formula is C23H20FNO3. The number of anilines is 1. The highest BCUT2D eigenvalue weighted by atomic mass is 19.1. The number of ether oxygens (including phenoxy) is 1. The molecule has 0 saturated carbocycles. The Hall–Kier alpha value is -3.21. The van der Waals surface area contributed by atoms with E-state index in [0.29, 0.717) is 24.3 Å².